The average molecular weight is 579 g/mol. The second-order valence-corrected chi connectivity index (χ2v) is 11.2. The third kappa shape index (κ3) is 4.55. The van der Waals surface area contributed by atoms with E-state index in [0.29, 0.717) is 12.5 Å². The number of carbonyl (C=O) groups is 1. The van der Waals surface area contributed by atoms with Crippen LogP contribution >= 0.6 is 11.8 Å². The van der Waals surface area contributed by atoms with Crippen LogP contribution in [0.15, 0.2) is 46.6 Å². The molecule has 0 bridgehead atoms. The Balaban J connectivity index is 1.83. The second kappa shape index (κ2) is 10.2. The Kier molecular flexibility index (Phi) is 7.18. The molecule has 1 amide bonds. The van der Waals surface area contributed by atoms with E-state index >= 15 is 4.39 Å². The molecule has 2 aromatic carbocycles. The summed E-state index contributed by atoms with van der Waals surface area (Å²) in [5, 5.41) is 0.113. The van der Waals surface area contributed by atoms with Crippen molar-refractivity contribution in [2.24, 2.45) is 0 Å². The van der Waals surface area contributed by atoms with Crippen molar-refractivity contribution in [1.29, 1.82) is 0 Å². The zero-order chi connectivity index (χ0) is 29.1. The summed E-state index contributed by atoms with van der Waals surface area (Å²) in [6.45, 7) is 9.48. The van der Waals surface area contributed by atoms with Gasteiger partial charge in [-0.05, 0) is 44.5 Å². The van der Waals surface area contributed by atoms with Crippen LogP contribution in [0.4, 0.5) is 27.8 Å². The number of benzene rings is 2. The Morgan fingerprint density at radius 2 is 1.85 bits per heavy atom. The molecule has 1 fully saturated rings. The van der Waals surface area contributed by atoms with Gasteiger partial charge in [-0.25, -0.2) is 13.6 Å². The van der Waals surface area contributed by atoms with Crippen LogP contribution in [0.3, 0.4) is 0 Å². The highest BCUT2D eigenvalue weighted by Gasteiger charge is 2.40. The predicted octanol–water partition coefficient (Wildman–Crippen LogP) is 6.03. The van der Waals surface area contributed by atoms with Crippen molar-refractivity contribution < 1.29 is 26.7 Å². The summed E-state index contributed by atoms with van der Waals surface area (Å²) in [6, 6.07) is 2.36. The number of hydrogen-bond donors (Lipinski definition) is 0. The number of nitrogens with zero attached hydrogens (tertiary/aromatic N) is 4. The lowest BCUT2D eigenvalue weighted by Crippen LogP contribution is -2.58. The summed E-state index contributed by atoms with van der Waals surface area (Å²) in [6.07, 6.45) is -3.15. The smallest absolute Gasteiger partial charge is 0.352 e. The third-order valence-corrected chi connectivity index (χ3v) is 8.79. The van der Waals surface area contributed by atoms with E-state index in [1.165, 1.54) is 10.6 Å². The largest absolute Gasteiger partial charge is 0.417 e. The SMILES string of the molecule is C=CC(=O)N1C(C)CN(c2nc(=O)n3c4c(c(-c5ccc(F)cc5F)c(C(F)(F)F)cc24)SCC3CC)CC1C. The first-order valence-corrected chi connectivity index (χ1v) is 13.8. The molecule has 12 heteroatoms. The second-order valence-electron chi connectivity index (χ2n) is 10.2. The van der Waals surface area contributed by atoms with Gasteiger partial charge in [0, 0.05) is 64.4 Å². The molecule has 212 valence electrons. The molecule has 3 unspecified atom stereocenters. The molecule has 3 atom stereocenters. The number of rotatable bonds is 4. The maximum Gasteiger partial charge on any atom is 0.417 e. The van der Waals surface area contributed by atoms with Gasteiger partial charge < -0.3 is 9.80 Å². The van der Waals surface area contributed by atoms with Gasteiger partial charge in [0.2, 0.25) is 5.91 Å². The molecule has 0 N–H and O–H groups in total. The van der Waals surface area contributed by atoms with Crippen LogP contribution in [0.25, 0.3) is 22.0 Å². The Labute approximate surface area is 231 Å². The minimum absolute atomic E-state index is 0.0795. The standard InChI is InChI=1S/C28H27F5N4O2S/c1-5-17-13-40-25-23(18-8-7-16(29)9-21(18)30)20(28(31,32)33)10-19-24(25)37(17)27(39)34-26(19)35-11-14(3)36(15(4)12-35)22(38)6-2/h6-10,14-15,17H,2,5,11-13H2,1,3-4H3. The minimum Gasteiger partial charge on any atom is -0.352 e. The summed E-state index contributed by atoms with van der Waals surface area (Å²) in [5.74, 6) is -1.95. The van der Waals surface area contributed by atoms with E-state index in [1.54, 1.807) is 9.80 Å². The van der Waals surface area contributed by atoms with Gasteiger partial charge in [-0.3, -0.25) is 9.36 Å². The van der Waals surface area contributed by atoms with E-state index in [2.05, 4.69) is 11.6 Å². The molecule has 2 aliphatic heterocycles. The van der Waals surface area contributed by atoms with E-state index in [9.17, 15) is 27.2 Å². The fraction of sp³-hybridized carbons (Fsp3) is 0.393. The highest BCUT2D eigenvalue weighted by Crippen LogP contribution is 2.50. The predicted molar refractivity (Wildman–Crippen MR) is 145 cm³/mol. The number of thioether (sulfide) groups is 1. The summed E-state index contributed by atoms with van der Waals surface area (Å²) >= 11 is 1.12. The maximum atomic E-state index is 15.0. The molecule has 0 saturated carbocycles. The number of hydrogen-bond acceptors (Lipinski definition) is 5. The molecule has 2 aliphatic rings. The van der Waals surface area contributed by atoms with Crippen molar-refractivity contribution in [3.63, 3.8) is 0 Å². The lowest BCUT2D eigenvalue weighted by molar-refractivity contribution is -0.137. The first kappa shape index (κ1) is 28.1. The van der Waals surface area contributed by atoms with Crippen molar-refractivity contribution in [3.8, 4) is 11.1 Å². The first-order valence-electron chi connectivity index (χ1n) is 12.9. The van der Waals surface area contributed by atoms with Gasteiger partial charge in [0.15, 0.2) is 0 Å². The van der Waals surface area contributed by atoms with E-state index in [-0.39, 0.29) is 64.5 Å². The van der Waals surface area contributed by atoms with Gasteiger partial charge in [-0.1, -0.05) is 13.5 Å². The Morgan fingerprint density at radius 1 is 1.18 bits per heavy atom. The lowest BCUT2D eigenvalue weighted by atomic mass is 9.95. The third-order valence-electron chi connectivity index (χ3n) is 7.55. The van der Waals surface area contributed by atoms with E-state index in [4.69, 9.17) is 0 Å². The van der Waals surface area contributed by atoms with Crippen molar-refractivity contribution in [2.45, 2.75) is 56.4 Å². The molecule has 1 aromatic heterocycles. The Morgan fingerprint density at radius 3 is 2.42 bits per heavy atom. The molecule has 3 heterocycles. The molecule has 40 heavy (non-hydrogen) atoms. The van der Waals surface area contributed by atoms with E-state index in [0.717, 1.165) is 30.0 Å². The molecule has 3 aromatic rings. The molecule has 0 radical (unpaired) electrons. The zero-order valence-corrected chi connectivity index (χ0v) is 22.9. The van der Waals surface area contributed by atoms with Gasteiger partial charge >= 0.3 is 11.9 Å². The van der Waals surface area contributed by atoms with Crippen LogP contribution in [0, 0.1) is 11.6 Å². The molecular weight excluding hydrogens is 551 g/mol. The number of aromatic nitrogens is 2. The molecule has 0 aliphatic carbocycles. The summed E-state index contributed by atoms with van der Waals surface area (Å²) in [7, 11) is 0. The summed E-state index contributed by atoms with van der Waals surface area (Å²) in [5.41, 5.74) is -2.30. The minimum atomic E-state index is -4.89. The topological polar surface area (TPSA) is 58.4 Å². The number of anilines is 1. The molecule has 5 rings (SSSR count). The van der Waals surface area contributed by atoms with Crippen molar-refractivity contribution >= 4 is 34.4 Å². The van der Waals surface area contributed by atoms with Gasteiger partial charge in [-0.2, -0.15) is 18.2 Å². The average Bonchev–Trinajstić information content (AvgIpc) is 2.89. The lowest BCUT2D eigenvalue weighted by Gasteiger charge is -2.45. The fourth-order valence-electron chi connectivity index (χ4n) is 5.85. The van der Waals surface area contributed by atoms with Crippen LogP contribution < -0.4 is 10.6 Å². The molecule has 0 spiro atoms. The van der Waals surface area contributed by atoms with E-state index in [1.807, 2.05) is 20.8 Å². The van der Waals surface area contributed by atoms with Crippen LogP contribution in [-0.2, 0) is 11.0 Å². The van der Waals surface area contributed by atoms with Crippen LogP contribution in [0.5, 0.6) is 0 Å². The number of halogens is 5. The highest BCUT2D eigenvalue weighted by molar-refractivity contribution is 7.99. The van der Waals surface area contributed by atoms with Crippen molar-refractivity contribution in [1.82, 2.24) is 14.5 Å². The Bertz CT molecular complexity index is 1580. The number of alkyl halides is 3. The quantitative estimate of drug-likeness (QED) is 0.280. The molecule has 6 nitrogen and oxygen atoms in total. The fourth-order valence-corrected chi connectivity index (χ4v) is 7.30. The first-order chi connectivity index (χ1) is 18.9. The van der Waals surface area contributed by atoms with Crippen molar-refractivity contribution in [2.75, 3.05) is 23.7 Å². The van der Waals surface area contributed by atoms with Gasteiger partial charge in [0.1, 0.15) is 17.5 Å². The van der Waals surface area contributed by atoms with Crippen LogP contribution in [0.2, 0.25) is 0 Å². The van der Waals surface area contributed by atoms with Crippen LogP contribution in [-0.4, -0.2) is 51.3 Å². The van der Waals surface area contributed by atoms with Crippen molar-refractivity contribution in [3.05, 3.63) is 64.6 Å². The van der Waals surface area contributed by atoms with Crippen LogP contribution in [0.1, 0.15) is 38.8 Å². The summed E-state index contributed by atoms with van der Waals surface area (Å²) < 4.78 is 74.1. The van der Waals surface area contributed by atoms with E-state index < -0.39 is 40.2 Å². The number of amides is 1. The number of piperazine rings is 1. The monoisotopic (exact) mass is 578 g/mol. The highest BCUT2D eigenvalue weighted by atomic mass is 32.2. The van der Waals surface area contributed by atoms with Gasteiger partial charge in [-0.15, -0.1) is 11.8 Å². The van der Waals surface area contributed by atoms with Gasteiger partial charge in [0.25, 0.3) is 0 Å². The summed E-state index contributed by atoms with van der Waals surface area (Å²) in [4.78, 5) is 33.7. The maximum absolute atomic E-state index is 15.0. The number of carbonyl (C=O) groups excluding carboxylic acids is 1. The molecule has 1 saturated heterocycles. The normalized spacial score (nSPS) is 21.1. The Hall–Kier alpha value is -3.41. The van der Waals surface area contributed by atoms with Gasteiger partial charge in [0.05, 0.1) is 11.1 Å². The molecular formula is C28H27F5N4O2S. The zero-order valence-electron chi connectivity index (χ0n) is 22.1.